The van der Waals surface area contributed by atoms with Crippen LogP contribution in [-0.4, -0.2) is 66.3 Å². The summed E-state index contributed by atoms with van der Waals surface area (Å²) in [5, 5.41) is 14.2. The van der Waals surface area contributed by atoms with E-state index < -0.39 is 17.9 Å². The molecular formula is C31H31FN8O4S. The smallest absolute Gasteiger partial charge is 0.327 e. The van der Waals surface area contributed by atoms with Gasteiger partial charge < -0.3 is 24.7 Å². The second-order valence-corrected chi connectivity index (χ2v) is 11.1. The molecule has 6 rings (SSSR count). The number of amides is 2. The molecule has 3 aromatic carbocycles. The van der Waals surface area contributed by atoms with Gasteiger partial charge in [-0.1, -0.05) is 23.5 Å². The molecule has 12 nitrogen and oxygen atoms in total. The molecule has 232 valence electrons. The highest BCUT2D eigenvalue weighted by molar-refractivity contribution is 7.13. The van der Waals surface area contributed by atoms with Crippen molar-refractivity contribution in [1.29, 1.82) is 0 Å². The fourth-order valence-electron chi connectivity index (χ4n) is 5.39. The molecule has 1 fully saturated rings. The lowest BCUT2D eigenvalue weighted by atomic mass is 10.1. The van der Waals surface area contributed by atoms with E-state index >= 15 is 0 Å². The monoisotopic (exact) mass is 630 g/mol. The highest BCUT2D eigenvalue weighted by atomic mass is 32.1. The van der Waals surface area contributed by atoms with Gasteiger partial charge in [-0.3, -0.25) is 9.69 Å². The van der Waals surface area contributed by atoms with Gasteiger partial charge in [-0.25, -0.2) is 18.8 Å². The number of piperazine rings is 1. The number of rotatable bonds is 8. The third-order valence-electron chi connectivity index (χ3n) is 7.66. The fourth-order valence-corrected chi connectivity index (χ4v) is 6.00. The van der Waals surface area contributed by atoms with E-state index in [1.54, 1.807) is 60.6 Å². The maximum absolute atomic E-state index is 14.2. The Balaban J connectivity index is 1.46. The zero-order valence-corrected chi connectivity index (χ0v) is 25.7. The highest BCUT2D eigenvalue weighted by Crippen LogP contribution is 2.37. The molecule has 3 heterocycles. The molecule has 2 amide bonds. The van der Waals surface area contributed by atoms with Crippen LogP contribution in [0.5, 0.6) is 11.5 Å². The zero-order chi connectivity index (χ0) is 31.5. The standard InChI is InChI=1S/C31H31FN8O4S/c1-20(39(26-13-12-23(43-2)18-27(26)44-3)30(42)34-22-10-8-21(32)9-11-22)28-35-25-7-5-4-6-24(25)29(41)40(28)38-16-14-37(15-17-38)31-36-33-19-45-31/h4-13,18-20H,14-17H2,1-3H3,(H,34,42). The SMILES string of the molecule is COc1ccc(N(C(=O)Nc2ccc(F)cc2)C(C)c2nc3ccccc3c(=O)n2N2CCN(c3nncs3)CC2)c(OC)c1. The van der Waals surface area contributed by atoms with E-state index in [4.69, 9.17) is 14.5 Å². The van der Waals surface area contributed by atoms with E-state index in [9.17, 15) is 14.0 Å². The lowest BCUT2D eigenvalue weighted by Gasteiger charge is -2.39. The van der Waals surface area contributed by atoms with Crippen molar-refractivity contribution in [3.63, 3.8) is 0 Å². The van der Waals surface area contributed by atoms with Crippen molar-refractivity contribution >= 4 is 44.8 Å². The summed E-state index contributed by atoms with van der Waals surface area (Å²) in [6.45, 7) is 4.05. The van der Waals surface area contributed by atoms with Crippen molar-refractivity contribution < 1.29 is 18.7 Å². The minimum absolute atomic E-state index is 0.243. The number of methoxy groups -OCH3 is 2. The Labute approximate surface area is 262 Å². The molecular weight excluding hydrogens is 599 g/mol. The first kappa shape index (κ1) is 29.8. The van der Waals surface area contributed by atoms with Gasteiger partial charge >= 0.3 is 6.03 Å². The maximum atomic E-state index is 14.2. The number of carbonyl (C=O) groups excluding carboxylic acids is 1. The molecule has 14 heteroatoms. The molecule has 0 spiro atoms. The van der Waals surface area contributed by atoms with Crippen molar-refractivity contribution in [3.05, 3.63) is 94.2 Å². The molecule has 0 aliphatic carbocycles. The quantitative estimate of drug-likeness (QED) is 0.261. The summed E-state index contributed by atoms with van der Waals surface area (Å²) in [6.07, 6.45) is 0. The van der Waals surface area contributed by atoms with Crippen LogP contribution >= 0.6 is 11.3 Å². The van der Waals surface area contributed by atoms with E-state index in [1.165, 1.54) is 47.6 Å². The Hall–Kier alpha value is -5.24. The van der Waals surface area contributed by atoms with E-state index in [1.807, 2.05) is 11.1 Å². The second-order valence-electron chi connectivity index (χ2n) is 10.3. The van der Waals surface area contributed by atoms with Crippen molar-refractivity contribution in [3.8, 4) is 11.5 Å². The molecule has 5 aromatic rings. The Morgan fingerprint density at radius 1 is 1.02 bits per heavy atom. The molecule has 1 N–H and O–H groups in total. The first-order chi connectivity index (χ1) is 21.9. The number of nitrogens with one attached hydrogen (secondary N) is 1. The van der Waals surface area contributed by atoms with Gasteiger partial charge in [0.15, 0.2) is 5.82 Å². The molecule has 1 atom stereocenters. The van der Waals surface area contributed by atoms with Gasteiger partial charge in [-0.15, -0.1) is 10.2 Å². The Morgan fingerprint density at radius 2 is 1.78 bits per heavy atom. The normalized spacial score (nSPS) is 13.9. The summed E-state index contributed by atoms with van der Waals surface area (Å²) in [7, 11) is 3.04. The molecule has 1 unspecified atom stereocenters. The van der Waals surface area contributed by atoms with E-state index in [0.717, 1.165) is 5.13 Å². The summed E-state index contributed by atoms with van der Waals surface area (Å²) < 4.78 is 26.3. The first-order valence-corrected chi connectivity index (χ1v) is 15.1. The summed E-state index contributed by atoms with van der Waals surface area (Å²) in [4.78, 5) is 36.9. The van der Waals surface area contributed by atoms with Crippen LogP contribution in [0.4, 0.5) is 25.7 Å². The number of halogens is 1. The number of anilines is 3. The number of hydrogen-bond acceptors (Lipinski definition) is 10. The number of aromatic nitrogens is 4. The first-order valence-electron chi connectivity index (χ1n) is 14.2. The largest absolute Gasteiger partial charge is 0.497 e. The van der Waals surface area contributed by atoms with E-state index in [2.05, 4.69) is 20.4 Å². The van der Waals surface area contributed by atoms with E-state index in [0.29, 0.717) is 65.8 Å². The van der Waals surface area contributed by atoms with Gasteiger partial charge in [-0.05, 0) is 55.5 Å². The number of nitrogens with zero attached hydrogens (tertiary/aromatic N) is 7. The average molecular weight is 631 g/mol. The molecule has 1 aliphatic heterocycles. The van der Waals surface area contributed by atoms with Gasteiger partial charge in [0.25, 0.3) is 5.56 Å². The molecule has 45 heavy (non-hydrogen) atoms. The summed E-state index contributed by atoms with van der Waals surface area (Å²) in [5.74, 6) is 0.841. The average Bonchev–Trinajstić information content (AvgIpc) is 3.61. The fraction of sp³-hybridized carbons (Fsp3) is 0.258. The van der Waals surface area contributed by atoms with Crippen LogP contribution in [0, 0.1) is 5.82 Å². The van der Waals surface area contributed by atoms with E-state index in [-0.39, 0.29) is 5.56 Å². The van der Waals surface area contributed by atoms with Crippen LogP contribution in [0.1, 0.15) is 18.8 Å². The molecule has 0 saturated carbocycles. The van der Waals surface area contributed by atoms with Crippen molar-refractivity contribution in [2.24, 2.45) is 0 Å². The van der Waals surface area contributed by atoms with Crippen LogP contribution in [0.25, 0.3) is 10.9 Å². The van der Waals surface area contributed by atoms with Gasteiger partial charge in [0.1, 0.15) is 22.8 Å². The number of urea groups is 1. The Kier molecular flexibility index (Phi) is 8.47. The summed E-state index contributed by atoms with van der Waals surface area (Å²) in [5.41, 5.74) is 2.77. The molecule has 2 aromatic heterocycles. The number of hydrogen-bond donors (Lipinski definition) is 1. The second kappa shape index (κ2) is 12.8. The minimum atomic E-state index is -0.786. The van der Waals surface area contributed by atoms with Crippen LogP contribution in [0.3, 0.4) is 0 Å². The highest BCUT2D eigenvalue weighted by Gasteiger charge is 2.32. The summed E-state index contributed by atoms with van der Waals surface area (Å²) in [6, 6.07) is 16.4. The number of para-hydroxylation sites is 1. The minimum Gasteiger partial charge on any atom is -0.497 e. The molecule has 0 radical (unpaired) electrons. The number of carbonyl (C=O) groups is 1. The van der Waals surface area contributed by atoms with Crippen LogP contribution in [-0.2, 0) is 0 Å². The van der Waals surface area contributed by atoms with Crippen LogP contribution < -0.4 is 35.2 Å². The summed E-state index contributed by atoms with van der Waals surface area (Å²) >= 11 is 1.46. The van der Waals surface area contributed by atoms with Gasteiger partial charge in [-0.2, -0.15) is 0 Å². The van der Waals surface area contributed by atoms with Crippen molar-refractivity contribution in [2.75, 3.05) is 60.5 Å². The third-order valence-corrected chi connectivity index (χ3v) is 8.41. The topological polar surface area (TPSA) is 118 Å². The lowest BCUT2D eigenvalue weighted by Crippen LogP contribution is -2.56. The third kappa shape index (κ3) is 5.96. The number of fused-ring (bicyclic) bond motifs is 1. The zero-order valence-electron chi connectivity index (χ0n) is 24.9. The Bertz CT molecular complexity index is 1860. The van der Waals surface area contributed by atoms with Crippen LogP contribution in [0.15, 0.2) is 77.0 Å². The predicted molar refractivity (Wildman–Crippen MR) is 172 cm³/mol. The molecule has 0 bridgehead atoms. The van der Waals surface area contributed by atoms with Gasteiger partial charge in [0.2, 0.25) is 5.13 Å². The van der Waals surface area contributed by atoms with Crippen LogP contribution in [0.2, 0.25) is 0 Å². The lowest BCUT2D eigenvalue weighted by molar-refractivity contribution is 0.254. The van der Waals surface area contributed by atoms with Gasteiger partial charge in [0.05, 0.1) is 49.9 Å². The van der Waals surface area contributed by atoms with Gasteiger partial charge in [0, 0.05) is 24.8 Å². The number of benzene rings is 3. The maximum Gasteiger partial charge on any atom is 0.327 e. The Morgan fingerprint density at radius 3 is 2.47 bits per heavy atom. The van der Waals surface area contributed by atoms with Crippen molar-refractivity contribution in [2.45, 2.75) is 13.0 Å². The van der Waals surface area contributed by atoms with Crippen molar-refractivity contribution in [1.82, 2.24) is 19.9 Å². The predicted octanol–water partition coefficient (Wildman–Crippen LogP) is 4.66. The number of ether oxygens (including phenoxy) is 2. The molecule has 1 aliphatic rings. The molecule has 1 saturated heterocycles.